The number of nitrogens with one attached hydrogen (secondary N) is 1. The average Bonchev–Trinajstić information content (AvgIpc) is 3.12. The molecule has 0 spiro atoms. The predicted octanol–water partition coefficient (Wildman–Crippen LogP) is 3.04. The van der Waals surface area contributed by atoms with Crippen molar-refractivity contribution >= 4 is 23.1 Å². The molecule has 0 saturated carbocycles. The van der Waals surface area contributed by atoms with Crippen LogP contribution in [0, 0.1) is 0 Å². The molecule has 1 aliphatic rings. The van der Waals surface area contributed by atoms with Crippen LogP contribution in [0.3, 0.4) is 0 Å². The van der Waals surface area contributed by atoms with E-state index in [9.17, 15) is 0 Å². The zero-order valence-corrected chi connectivity index (χ0v) is 14.3. The second kappa shape index (κ2) is 6.94. The first-order valence-electron chi connectivity index (χ1n) is 7.61. The lowest BCUT2D eigenvalue weighted by Crippen LogP contribution is -2.23. The predicted molar refractivity (Wildman–Crippen MR) is 90.0 cm³/mol. The number of aryl methyl sites for hydroxylation is 2. The molecule has 0 saturated heterocycles. The Bertz CT molecular complexity index is 567. The van der Waals surface area contributed by atoms with E-state index in [2.05, 4.69) is 35.3 Å². The SMILES string of the molecule is CCNC(Cc1ncnn1CC)c1cc2c(s1)CCSC2. The lowest BCUT2D eigenvalue weighted by Gasteiger charge is -2.16. The van der Waals surface area contributed by atoms with Crippen molar-refractivity contribution in [3.8, 4) is 0 Å². The summed E-state index contributed by atoms with van der Waals surface area (Å²) in [5, 5.41) is 7.90. The molecule has 0 aliphatic carbocycles. The van der Waals surface area contributed by atoms with Crippen molar-refractivity contribution in [2.24, 2.45) is 0 Å². The molecule has 1 atom stereocenters. The number of thioether (sulfide) groups is 1. The minimum absolute atomic E-state index is 0.352. The van der Waals surface area contributed by atoms with Crippen molar-refractivity contribution in [2.45, 2.75) is 45.0 Å². The highest BCUT2D eigenvalue weighted by Gasteiger charge is 2.20. The second-order valence-electron chi connectivity index (χ2n) is 5.21. The number of aromatic nitrogens is 3. The van der Waals surface area contributed by atoms with Crippen molar-refractivity contribution in [1.29, 1.82) is 0 Å². The monoisotopic (exact) mass is 322 g/mol. The molecule has 0 aromatic carbocycles. The first kappa shape index (κ1) is 15.1. The van der Waals surface area contributed by atoms with Crippen LogP contribution >= 0.6 is 23.1 Å². The van der Waals surface area contributed by atoms with Gasteiger partial charge in [-0.2, -0.15) is 16.9 Å². The molecule has 2 aromatic heterocycles. The summed E-state index contributed by atoms with van der Waals surface area (Å²) < 4.78 is 1.99. The van der Waals surface area contributed by atoms with Crippen molar-refractivity contribution in [3.63, 3.8) is 0 Å². The molecule has 6 heteroatoms. The van der Waals surface area contributed by atoms with Crippen LogP contribution in [0.5, 0.6) is 0 Å². The zero-order chi connectivity index (χ0) is 14.7. The van der Waals surface area contributed by atoms with Crippen molar-refractivity contribution < 1.29 is 0 Å². The summed E-state index contributed by atoms with van der Waals surface area (Å²) in [5.74, 6) is 3.52. The Labute approximate surface area is 134 Å². The normalized spacial score (nSPS) is 15.9. The van der Waals surface area contributed by atoms with Gasteiger partial charge in [-0.25, -0.2) is 4.98 Å². The molecule has 114 valence electrons. The Balaban J connectivity index is 1.82. The Morgan fingerprint density at radius 1 is 1.43 bits per heavy atom. The van der Waals surface area contributed by atoms with Gasteiger partial charge in [-0.3, -0.25) is 4.68 Å². The number of fused-ring (bicyclic) bond motifs is 1. The lowest BCUT2D eigenvalue weighted by molar-refractivity contribution is 0.515. The van der Waals surface area contributed by atoms with E-state index in [1.807, 2.05) is 27.8 Å². The molecule has 0 amide bonds. The number of likely N-dealkylation sites (N-methyl/N-ethyl adjacent to an activating group) is 1. The summed E-state index contributed by atoms with van der Waals surface area (Å²) >= 11 is 4.03. The Morgan fingerprint density at radius 3 is 3.10 bits per heavy atom. The van der Waals surface area contributed by atoms with Gasteiger partial charge in [0, 0.05) is 34.5 Å². The number of thiophene rings is 1. The second-order valence-corrected chi connectivity index (χ2v) is 7.48. The number of rotatable bonds is 6. The molecule has 21 heavy (non-hydrogen) atoms. The third-order valence-corrected chi connectivity index (χ3v) is 6.18. The van der Waals surface area contributed by atoms with Gasteiger partial charge >= 0.3 is 0 Å². The van der Waals surface area contributed by atoms with Crippen LogP contribution in [-0.2, 0) is 25.1 Å². The molecular weight excluding hydrogens is 300 g/mol. The first-order chi connectivity index (χ1) is 10.3. The highest BCUT2D eigenvalue weighted by Crippen LogP contribution is 2.35. The van der Waals surface area contributed by atoms with Gasteiger partial charge in [0.25, 0.3) is 0 Å². The zero-order valence-electron chi connectivity index (χ0n) is 12.6. The van der Waals surface area contributed by atoms with Gasteiger partial charge in [0.1, 0.15) is 12.2 Å². The molecule has 3 heterocycles. The van der Waals surface area contributed by atoms with Crippen LogP contribution in [0.25, 0.3) is 0 Å². The quantitative estimate of drug-likeness (QED) is 0.888. The summed E-state index contributed by atoms with van der Waals surface area (Å²) in [5.41, 5.74) is 1.55. The molecule has 2 aromatic rings. The molecule has 4 nitrogen and oxygen atoms in total. The van der Waals surface area contributed by atoms with Crippen LogP contribution in [-0.4, -0.2) is 27.1 Å². The van der Waals surface area contributed by atoms with Gasteiger partial charge in [0.2, 0.25) is 0 Å². The van der Waals surface area contributed by atoms with E-state index in [4.69, 9.17) is 0 Å². The third-order valence-electron chi connectivity index (χ3n) is 3.82. The minimum Gasteiger partial charge on any atom is -0.309 e. The van der Waals surface area contributed by atoms with Gasteiger partial charge < -0.3 is 5.32 Å². The Kier molecular flexibility index (Phi) is 4.98. The van der Waals surface area contributed by atoms with E-state index in [1.54, 1.807) is 16.8 Å². The van der Waals surface area contributed by atoms with E-state index < -0.39 is 0 Å². The van der Waals surface area contributed by atoms with E-state index >= 15 is 0 Å². The summed E-state index contributed by atoms with van der Waals surface area (Å²) in [6.07, 6.45) is 3.81. The summed E-state index contributed by atoms with van der Waals surface area (Å²) in [6, 6.07) is 2.76. The summed E-state index contributed by atoms with van der Waals surface area (Å²) in [7, 11) is 0. The van der Waals surface area contributed by atoms with Gasteiger partial charge in [-0.05, 0) is 37.3 Å². The van der Waals surface area contributed by atoms with Gasteiger partial charge in [-0.1, -0.05) is 6.92 Å². The maximum Gasteiger partial charge on any atom is 0.138 e. The van der Waals surface area contributed by atoms with Crippen molar-refractivity contribution in [1.82, 2.24) is 20.1 Å². The largest absolute Gasteiger partial charge is 0.309 e. The van der Waals surface area contributed by atoms with Crippen LogP contribution in [0.4, 0.5) is 0 Å². The summed E-state index contributed by atoms with van der Waals surface area (Å²) in [4.78, 5) is 7.47. The molecule has 3 rings (SSSR count). The maximum absolute atomic E-state index is 4.43. The number of hydrogen-bond donors (Lipinski definition) is 1. The maximum atomic E-state index is 4.43. The highest BCUT2D eigenvalue weighted by atomic mass is 32.2. The Hall–Kier alpha value is -0.850. The Morgan fingerprint density at radius 2 is 2.33 bits per heavy atom. The fourth-order valence-corrected chi connectivity index (χ4v) is 5.21. The number of nitrogens with zero attached hydrogens (tertiary/aromatic N) is 3. The molecule has 1 unspecified atom stereocenters. The lowest BCUT2D eigenvalue weighted by atomic mass is 10.1. The highest BCUT2D eigenvalue weighted by molar-refractivity contribution is 7.98. The third kappa shape index (κ3) is 3.33. The molecule has 0 radical (unpaired) electrons. The molecule has 0 fully saturated rings. The molecule has 0 bridgehead atoms. The molecular formula is C15H22N4S2. The van der Waals surface area contributed by atoms with Gasteiger partial charge in [-0.15, -0.1) is 11.3 Å². The van der Waals surface area contributed by atoms with Crippen LogP contribution in [0.15, 0.2) is 12.4 Å². The fourth-order valence-electron chi connectivity index (χ4n) is 2.75. The van der Waals surface area contributed by atoms with Crippen LogP contribution in [0.1, 0.15) is 41.0 Å². The topological polar surface area (TPSA) is 42.7 Å². The minimum atomic E-state index is 0.352. The van der Waals surface area contributed by atoms with E-state index in [-0.39, 0.29) is 0 Å². The van der Waals surface area contributed by atoms with E-state index in [0.717, 1.165) is 25.3 Å². The molecule has 1 aliphatic heterocycles. The standard InChI is InChI=1S/C15H22N4S2/c1-3-16-12(8-15-17-10-18-19(15)4-2)14-7-11-9-20-6-5-13(11)21-14/h7,10,12,16H,3-6,8-9H2,1-2H3. The van der Waals surface area contributed by atoms with Crippen LogP contribution < -0.4 is 5.32 Å². The van der Waals surface area contributed by atoms with Crippen molar-refractivity contribution in [3.05, 3.63) is 33.5 Å². The smallest absolute Gasteiger partial charge is 0.138 e. The van der Waals surface area contributed by atoms with E-state index in [0.29, 0.717) is 6.04 Å². The van der Waals surface area contributed by atoms with Gasteiger partial charge in [0.05, 0.1) is 0 Å². The van der Waals surface area contributed by atoms with E-state index in [1.165, 1.54) is 22.8 Å². The molecule has 1 N–H and O–H groups in total. The average molecular weight is 323 g/mol. The van der Waals surface area contributed by atoms with Crippen molar-refractivity contribution in [2.75, 3.05) is 12.3 Å². The fraction of sp³-hybridized carbons (Fsp3) is 0.600. The van der Waals surface area contributed by atoms with Crippen LogP contribution in [0.2, 0.25) is 0 Å². The first-order valence-corrected chi connectivity index (χ1v) is 9.58. The summed E-state index contributed by atoms with van der Waals surface area (Å²) in [6.45, 7) is 6.14. The van der Waals surface area contributed by atoms with Gasteiger partial charge in [0.15, 0.2) is 0 Å². The number of hydrogen-bond acceptors (Lipinski definition) is 5.